The zero-order valence-electron chi connectivity index (χ0n) is 13.5. The first kappa shape index (κ1) is 19.0. The van der Waals surface area contributed by atoms with E-state index in [1.807, 2.05) is 4.90 Å². The van der Waals surface area contributed by atoms with Gasteiger partial charge in [0, 0.05) is 13.1 Å². The van der Waals surface area contributed by atoms with Crippen LogP contribution in [0.3, 0.4) is 0 Å². The summed E-state index contributed by atoms with van der Waals surface area (Å²) in [6, 6.07) is 5.46. The van der Waals surface area contributed by atoms with Crippen LogP contribution in [-0.4, -0.2) is 42.7 Å². The Bertz CT molecular complexity index is 622. The maximum Gasteiger partial charge on any atom is 0.573 e. The van der Waals surface area contributed by atoms with Crippen molar-refractivity contribution in [2.45, 2.75) is 25.7 Å². The number of nitrogens with zero attached hydrogens (tertiary/aromatic N) is 1. The summed E-state index contributed by atoms with van der Waals surface area (Å²) in [6.07, 6.45) is -3.29. The summed E-state index contributed by atoms with van der Waals surface area (Å²) in [4.78, 5) is 25.1. The molecule has 2 rings (SSSR count). The van der Waals surface area contributed by atoms with Crippen molar-refractivity contribution in [1.29, 1.82) is 0 Å². The SMILES string of the molecule is NC(=O)CN1CCC[C@@H](C(=O)NCc2cccc(OC(F)(F)F)c2)C1. The molecule has 138 valence electrons. The van der Waals surface area contributed by atoms with Gasteiger partial charge in [0.2, 0.25) is 11.8 Å². The van der Waals surface area contributed by atoms with E-state index in [0.29, 0.717) is 25.1 Å². The Kier molecular flexibility index (Phi) is 6.24. The van der Waals surface area contributed by atoms with Gasteiger partial charge >= 0.3 is 6.36 Å². The summed E-state index contributed by atoms with van der Waals surface area (Å²) < 4.78 is 40.5. The Morgan fingerprint density at radius 1 is 1.36 bits per heavy atom. The molecule has 1 aliphatic rings. The highest BCUT2D eigenvalue weighted by atomic mass is 19.4. The highest BCUT2D eigenvalue weighted by Gasteiger charge is 2.31. The molecule has 1 aromatic carbocycles. The van der Waals surface area contributed by atoms with Crippen LogP contribution >= 0.6 is 0 Å². The van der Waals surface area contributed by atoms with Crippen molar-refractivity contribution < 1.29 is 27.5 Å². The van der Waals surface area contributed by atoms with Crippen molar-refractivity contribution in [3.63, 3.8) is 0 Å². The number of primary amides is 1. The molecule has 1 fully saturated rings. The number of nitrogens with two attached hydrogens (primary N) is 1. The van der Waals surface area contributed by atoms with Crippen LogP contribution in [0.15, 0.2) is 24.3 Å². The number of hydrogen-bond acceptors (Lipinski definition) is 4. The van der Waals surface area contributed by atoms with E-state index in [-0.39, 0.29) is 30.7 Å². The number of ether oxygens (including phenoxy) is 1. The van der Waals surface area contributed by atoms with Crippen molar-refractivity contribution in [2.24, 2.45) is 11.7 Å². The molecule has 3 N–H and O–H groups in total. The quantitative estimate of drug-likeness (QED) is 0.804. The first-order valence-electron chi connectivity index (χ1n) is 7.86. The molecule has 9 heteroatoms. The maximum absolute atomic E-state index is 12.3. The van der Waals surface area contributed by atoms with Gasteiger partial charge in [0.1, 0.15) is 5.75 Å². The van der Waals surface area contributed by atoms with Gasteiger partial charge in [-0.15, -0.1) is 13.2 Å². The third kappa shape index (κ3) is 6.61. The molecule has 1 heterocycles. The predicted octanol–water partition coefficient (Wildman–Crippen LogP) is 1.40. The summed E-state index contributed by atoms with van der Waals surface area (Å²) >= 11 is 0. The van der Waals surface area contributed by atoms with E-state index in [9.17, 15) is 22.8 Å². The molecule has 0 aromatic heterocycles. The van der Waals surface area contributed by atoms with Gasteiger partial charge in [-0.2, -0.15) is 0 Å². The van der Waals surface area contributed by atoms with Crippen LogP contribution in [-0.2, 0) is 16.1 Å². The Labute approximate surface area is 143 Å². The van der Waals surface area contributed by atoms with Crippen LogP contribution in [0.2, 0.25) is 0 Å². The molecule has 0 radical (unpaired) electrons. The highest BCUT2D eigenvalue weighted by Crippen LogP contribution is 2.23. The number of alkyl halides is 3. The highest BCUT2D eigenvalue weighted by molar-refractivity contribution is 5.79. The van der Waals surface area contributed by atoms with Gasteiger partial charge in [0.25, 0.3) is 0 Å². The van der Waals surface area contributed by atoms with Crippen molar-refractivity contribution in [2.75, 3.05) is 19.6 Å². The number of benzene rings is 1. The molecule has 1 aliphatic heterocycles. The van der Waals surface area contributed by atoms with Gasteiger partial charge in [-0.25, -0.2) is 0 Å². The molecule has 1 saturated heterocycles. The molecular formula is C16H20F3N3O3. The average molecular weight is 359 g/mol. The monoisotopic (exact) mass is 359 g/mol. The number of nitrogens with one attached hydrogen (secondary N) is 1. The van der Waals surface area contributed by atoms with Crippen molar-refractivity contribution in [3.05, 3.63) is 29.8 Å². The average Bonchev–Trinajstić information content (AvgIpc) is 2.51. The molecule has 0 bridgehead atoms. The lowest BCUT2D eigenvalue weighted by molar-refractivity contribution is -0.274. The zero-order chi connectivity index (χ0) is 18.4. The van der Waals surface area contributed by atoms with Crippen LogP contribution in [0.4, 0.5) is 13.2 Å². The lowest BCUT2D eigenvalue weighted by atomic mass is 9.97. The predicted molar refractivity (Wildman–Crippen MR) is 83.3 cm³/mol. The Morgan fingerprint density at radius 3 is 2.80 bits per heavy atom. The normalized spacial score (nSPS) is 18.6. The second kappa shape index (κ2) is 8.19. The number of piperidine rings is 1. The van der Waals surface area contributed by atoms with E-state index in [1.54, 1.807) is 6.07 Å². The molecule has 0 saturated carbocycles. The number of likely N-dealkylation sites (tertiary alicyclic amines) is 1. The minimum Gasteiger partial charge on any atom is -0.406 e. The van der Waals surface area contributed by atoms with Gasteiger partial charge in [-0.05, 0) is 37.1 Å². The van der Waals surface area contributed by atoms with E-state index < -0.39 is 12.3 Å². The number of halogens is 3. The molecule has 1 atom stereocenters. The fourth-order valence-corrected chi connectivity index (χ4v) is 2.82. The number of carbonyl (C=O) groups is 2. The van der Waals surface area contributed by atoms with Gasteiger partial charge < -0.3 is 15.8 Å². The Hall–Kier alpha value is -2.29. The Morgan fingerprint density at radius 2 is 2.12 bits per heavy atom. The minimum absolute atomic E-state index is 0.0974. The number of hydrogen-bond donors (Lipinski definition) is 2. The largest absolute Gasteiger partial charge is 0.573 e. The molecule has 1 aromatic rings. The van der Waals surface area contributed by atoms with Crippen molar-refractivity contribution in [1.82, 2.24) is 10.2 Å². The summed E-state index contributed by atoms with van der Waals surface area (Å²) in [5, 5.41) is 2.71. The Balaban J connectivity index is 1.87. The molecule has 0 aliphatic carbocycles. The van der Waals surface area contributed by atoms with Crippen molar-refractivity contribution >= 4 is 11.8 Å². The summed E-state index contributed by atoms with van der Waals surface area (Å²) in [7, 11) is 0. The third-order valence-corrected chi connectivity index (χ3v) is 3.85. The first-order chi connectivity index (χ1) is 11.7. The van der Waals surface area contributed by atoms with E-state index in [1.165, 1.54) is 18.2 Å². The topological polar surface area (TPSA) is 84.7 Å². The number of amides is 2. The minimum atomic E-state index is -4.76. The van der Waals surface area contributed by atoms with Gasteiger partial charge in [-0.1, -0.05) is 12.1 Å². The fourth-order valence-electron chi connectivity index (χ4n) is 2.82. The maximum atomic E-state index is 12.3. The molecule has 6 nitrogen and oxygen atoms in total. The van der Waals surface area contributed by atoms with E-state index in [4.69, 9.17) is 5.73 Å². The molecule has 25 heavy (non-hydrogen) atoms. The van der Waals surface area contributed by atoms with Gasteiger partial charge in [-0.3, -0.25) is 14.5 Å². The van der Waals surface area contributed by atoms with Crippen LogP contribution < -0.4 is 15.8 Å². The zero-order valence-corrected chi connectivity index (χ0v) is 13.5. The van der Waals surface area contributed by atoms with E-state index >= 15 is 0 Å². The third-order valence-electron chi connectivity index (χ3n) is 3.85. The number of carbonyl (C=O) groups excluding carboxylic acids is 2. The second-order valence-electron chi connectivity index (χ2n) is 5.95. The summed E-state index contributed by atoms with van der Waals surface area (Å²) in [5.41, 5.74) is 5.66. The first-order valence-corrected chi connectivity index (χ1v) is 7.86. The van der Waals surface area contributed by atoms with Crippen LogP contribution in [0.5, 0.6) is 5.75 Å². The van der Waals surface area contributed by atoms with Crippen molar-refractivity contribution in [3.8, 4) is 5.75 Å². The van der Waals surface area contributed by atoms with Crippen LogP contribution in [0.1, 0.15) is 18.4 Å². The van der Waals surface area contributed by atoms with E-state index in [0.717, 1.165) is 6.42 Å². The van der Waals surface area contributed by atoms with Crippen LogP contribution in [0.25, 0.3) is 0 Å². The summed E-state index contributed by atoms with van der Waals surface area (Å²) in [5.74, 6) is -1.24. The molecule has 2 amide bonds. The second-order valence-corrected chi connectivity index (χ2v) is 5.95. The van der Waals surface area contributed by atoms with E-state index in [2.05, 4.69) is 10.1 Å². The smallest absolute Gasteiger partial charge is 0.406 e. The molecule has 0 unspecified atom stereocenters. The van der Waals surface area contributed by atoms with Crippen LogP contribution in [0, 0.1) is 5.92 Å². The fraction of sp³-hybridized carbons (Fsp3) is 0.500. The number of rotatable bonds is 6. The lowest BCUT2D eigenvalue weighted by Crippen LogP contribution is -2.45. The lowest BCUT2D eigenvalue weighted by Gasteiger charge is -2.31. The van der Waals surface area contributed by atoms with Gasteiger partial charge in [0.15, 0.2) is 0 Å². The van der Waals surface area contributed by atoms with Gasteiger partial charge in [0.05, 0.1) is 12.5 Å². The molecular weight excluding hydrogens is 339 g/mol. The summed E-state index contributed by atoms with van der Waals surface area (Å²) in [6.45, 7) is 1.36. The standard InChI is InChI=1S/C16H20F3N3O3/c17-16(18,19)25-13-5-1-3-11(7-13)8-21-15(24)12-4-2-6-22(9-12)10-14(20)23/h1,3,5,7,12H,2,4,6,8-10H2,(H2,20,23)(H,21,24)/t12-/m1/s1. The molecule has 0 spiro atoms.